The number of rotatable bonds is 4. The van der Waals surface area contributed by atoms with Gasteiger partial charge in [-0.25, -0.2) is 4.79 Å². The second-order valence-electron chi connectivity index (χ2n) is 2.39. The Labute approximate surface area is 77.1 Å². The van der Waals surface area contributed by atoms with Gasteiger partial charge in [0.2, 0.25) is 0 Å². The van der Waals surface area contributed by atoms with E-state index >= 15 is 0 Å². The average Bonchev–Trinajstić information content (AvgIpc) is 2.00. The minimum atomic E-state index is -4.05. The van der Waals surface area contributed by atoms with Gasteiger partial charge in [-0.3, -0.25) is 4.55 Å². The number of hydrogen-bond donors (Lipinski definition) is 1. The molecular weight excluding hydrogens is 196 g/mol. The fraction of sp³-hybridized carbons (Fsp3) is 0.571. The van der Waals surface area contributed by atoms with Gasteiger partial charge in [0.1, 0.15) is 12.4 Å². The zero-order valence-corrected chi connectivity index (χ0v) is 8.30. The first-order valence-electron chi connectivity index (χ1n) is 3.62. The van der Waals surface area contributed by atoms with Crippen molar-refractivity contribution < 1.29 is 22.5 Å². The Bertz CT molecular complexity index is 301. The molecule has 0 radical (unpaired) electrons. The molecule has 0 aromatic rings. The van der Waals surface area contributed by atoms with Gasteiger partial charge in [0.15, 0.2) is 0 Å². The van der Waals surface area contributed by atoms with Crippen LogP contribution in [0, 0.1) is 0 Å². The monoisotopic (exact) mass is 208 g/mol. The molecule has 0 fully saturated rings. The third-order valence-electron chi connectivity index (χ3n) is 1.33. The summed E-state index contributed by atoms with van der Waals surface area (Å²) in [6, 6.07) is 0. The molecule has 0 aliphatic rings. The summed E-state index contributed by atoms with van der Waals surface area (Å²) in [5, 5.41) is 0. The van der Waals surface area contributed by atoms with Crippen LogP contribution in [0.4, 0.5) is 0 Å². The lowest BCUT2D eigenvalue weighted by atomic mass is 10.3. The molecule has 0 atom stereocenters. The van der Waals surface area contributed by atoms with E-state index in [1.54, 1.807) is 19.9 Å². The molecule has 0 saturated heterocycles. The molecule has 0 aromatic carbocycles. The summed E-state index contributed by atoms with van der Waals surface area (Å²) >= 11 is 0. The topological polar surface area (TPSA) is 80.7 Å². The van der Waals surface area contributed by atoms with Gasteiger partial charge in [-0.05, 0) is 13.8 Å². The van der Waals surface area contributed by atoms with Crippen LogP contribution in [0.3, 0.4) is 0 Å². The van der Waals surface area contributed by atoms with Gasteiger partial charge in [0.25, 0.3) is 10.1 Å². The highest BCUT2D eigenvalue weighted by Crippen LogP contribution is 1.96. The molecule has 0 heterocycles. The second kappa shape index (κ2) is 4.98. The minimum absolute atomic E-state index is 0.331. The van der Waals surface area contributed by atoms with Crippen LogP contribution in [0.25, 0.3) is 0 Å². The van der Waals surface area contributed by atoms with Crippen molar-refractivity contribution in [3.8, 4) is 0 Å². The van der Waals surface area contributed by atoms with Gasteiger partial charge in [-0.1, -0.05) is 6.08 Å². The Kier molecular flexibility index (Phi) is 4.64. The molecule has 0 rings (SSSR count). The van der Waals surface area contributed by atoms with Crippen LogP contribution in [-0.4, -0.2) is 31.3 Å². The maximum absolute atomic E-state index is 10.9. The number of ether oxygens (including phenoxy) is 1. The molecule has 5 nitrogen and oxygen atoms in total. The molecule has 0 aromatic heterocycles. The zero-order chi connectivity index (χ0) is 10.5. The van der Waals surface area contributed by atoms with E-state index in [2.05, 4.69) is 4.74 Å². The summed E-state index contributed by atoms with van der Waals surface area (Å²) in [5.74, 6) is -1.15. The Morgan fingerprint density at radius 2 is 2.08 bits per heavy atom. The van der Waals surface area contributed by atoms with Gasteiger partial charge >= 0.3 is 5.97 Å². The van der Waals surface area contributed by atoms with Crippen LogP contribution < -0.4 is 0 Å². The Morgan fingerprint density at radius 3 is 2.46 bits per heavy atom. The Morgan fingerprint density at radius 1 is 1.54 bits per heavy atom. The quantitative estimate of drug-likeness (QED) is 0.410. The first kappa shape index (κ1) is 12.1. The predicted molar refractivity (Wildman–Crippen MR) is 46.8 cm³/mol. The smallest absolute Gasteiger partial charge is 0.333 e. The largest absolute Gasteiger partial charge is 0.461 e. The number of carbonyl (C=O) groups is 1. The van der Waals surface area contributed by atoms with Crippen LogP contribution in [0.2, 0.25) is 0 Å². The van der Waals surface area contributed by atoms with Crippen molar-refractivity contribution in [1.29, 1.82) is 0 Å². The third-order valence-corrected chi connectivity index (χ3v) is 2.01. The Hall–Kier alpha value is -0.880. The van der Waals surface area contributed by atoms with Crippen molar-refractivity contribution in [3.63, 3.8) is 0 Å². The van der Waals surface area contributed by atoms with Crippen molar-refractivity contribution in [1.82, 2.24) is 0 Å². The van der Waals surface area contributed by atoms with Crippen molar-refractivity contribution in [2.75, 3.05) is 12.4 Å². The molecule has 0 unspecified atom stereocenters. The van der Waals surface area contributed by atoms with Gasteiger partial charge < -0.3 is 4.74 Å². The van der Waals surface area contributed by atoms with Gasteiger partial charge in [-0.2, -0.15) is 8.42 Å². The minimum Gasteiger partial charge on any atom is -0.461 e. The van der Waals surface area contributed by atoms with Crippen LogP contribution in [0.5, 0.6) is 0 Å². The third kappa shape index (κ3) is 6.30. The molecule has 6 heteroatoms. The van der Waals surface area contributed by atoms with Gasteiger partial charge in [0, 0.05) is 5.57 Å². The molecule has 0 amide bonds. The van der Waals surface area contributed by atoms with Crippen LogP contribution in [0.15, 0.2) is 11.6 Å². The van der Waals surface area contributed by atoms with E-state index in [0.717, 1.165) is 0 Å². The van der Waals surface area contributed by atoms with E-state index in [-0.39, 0.29) is 6.61 Å². The lowest BCUT2D eigenvalue weighted by Gasteiger charge is -2.02. The van der Waals surface area contributed by atoms with Crippen molar-refractivity contribution in [2.45, 2.75) is 13.8 Å². The first-order valence-corrected chi connectivity index (χ1v) is 5.23. The van der Waals surface area contributed by atoms with E-state index in [0.29, 0.717) is 5.57 Å². The predicted octanol–water partition coefficient (Wildman–Crippen LogP) is 0.384. The number of hydrogen-bond acceptors (Lipinski definition) is 4. The molecule has 0 aliphatic heterocycles. The highest BCUT2D eigenvalue weighted by atomic mass is 32.2. The van der Waals surface area contributed by atoms with Crippen LogP contribution >= 0.6 is 0 Å². The fourth-order valence-corrected chi connectivity index (χ4v) is 0.765. The SMILES string of the molecule is C/C=C(\C)C(=O)OCCS(=O)(=O)O. The highest BCUT2D eigenvalue weighted by molar-refractivity contribution is 7.85. The maximum atomic E-state index is 10.9. The van der Waals surface area contributed by atoms with Gasteiger partial charge in [0.05, 0.1) is 0 Å². The second-order valence-corrected chi connectivity index (χ2v) is 3.97. The molecule has 0 bridgehead atoms. The van der Waals surface area contributed by atoms with Gasteiger partial charge in [-0.15, -0.1) is 0 Å². The lowest BCUT2D eigenvalue weighted by Crippen LogP contribution is -2.14. The van der Waals surface area contributed by atoms with E-state index in [4.69, 9.17) is 4.55 Å². The fourth-order valence-electron chi connectivity index (χ4n) is 0.471. The molecule has 1 N–H and O–H groups in total. The highest BCUT2D eigenvalue weighted by Gasteiger charge is 2.08. The van der Waals surface area contributed by atoms with Crippen LogP contribution in [-0.2, 0) is 19.6 Å². The van der Waals surface area contributed by atoms with E-state index in [1.807, 2.05) is 0 Å². The summed E-state index contributed by atoms with van der Waals surface area (Å²) in [4.78, 5) is 10.9. The summed E-state index contributed by atoms with van der Waals surface area (Å²) in [6.07, 6.45) is 1.55. The number of allylic oxidation sites excluding steroid dienone is 1. The van der Waals surface area contributed by atoms with Crippen molar-refractivity contribution >= 4 is 16.1 Å². The molecule has 13 heavy (non-hydrogen) atoms. The molecule has 0 saturated carbocycles. The summed E-state index contributed by atoms with van der Waals surface area (Å²) in [5.41, 5.74) is 0.398. The summed E-state index contributed by atoms with van der Waals surface area (Å²) in [6.45, 7) is 2.89. The van der Waals surface area contributed by atoms with Crippen molar-refractivity contribution in [3.05, 3.63) is 11.6 Å². The van der Waals surface area contributed by atoms with E-state index < -0.39 is 21.8 Å². The lowest BCUT2D eigenvalue weighted by molar-refractivity contribution is -0.138. The van der Waals surface area contributed by atoms with Crippen molar-refractivity contribution in [2.24, 2.45) is 0 Å². The normalized spacial score (nSPS) is 12.7. The summed E-state index contributed by atoms with van der Waals surface area (Å²) < 4.78 is 33.2. The number of carbonyl (C=O) groups excluding carboxylic acids is 1. The maximum Gasteiger partial charge on any atom is 0.333 e. The standard InChI is InChI=1S/C7H12O5S/c1-3-6(2)7(8)12-4-5-13(9,10)11/h3H,4-5H2,1-2H3,(H,9,10,11)/b6-3+. The first-order chi connectivity index (χ1) is 5.87. The van der Waals surface area contributed by atoms with E-state index in [9.17, 15) is 13.2 Å². The molecular formula is C7H12O5S. The van der Waals surface area contributed by atoms with Crippen LogP contribution in [0.1, 0.15) is 13.8 Å². The number of esters is 1. The molecule has 76 valence electrons. The average molecular weight is 208 g/mol. The van der Waals surface area contributed by atoms with E-state index in [1.165, 1.54) is 0 Å². The zero-order valence-electron chi connectivity index (χ0n) is 7.48. The summed E-state index contributed by atoms with van der Waals surface area (Å²) in [7, 11) is -4.05. The Balaban J connectivity index is 3.86. The molecule has 0 spiro atoms. The molecule has 0 aliphatic carbocycles.